The Hall–Kier alpha value is -0.370. The van der Waals surface area contributed by atoms with Crippen LogP contribution in [0.4, 0.5) is 0 Å². The second-order valence-corrected chi connectivity index (χ2v) is 5.78. The van der Waals surface area contributed by atoms with Crippen LogP contribution in [0, 0.1) is 11.3 Å². The number of hydrogen-bond donors (Lipinski definition) is 0. The van der Waals surface area contributed by atoms with E-state index in [0.717, 1.165) is 19.3 Å². The van der Waals surface area contributed by atoms with Crippen molar-refractivity contribution in [2.75, 3.05) is 0 Å². The van der Waals surface area contributed by atoms with Gasteiger partial charge >= 0.3 is 0 Å². The second kappa shape index (κ2) is 5.99. The van der Waals surface area contributed by atoms with Crippen LogP contribution in [0.2, 0.25) is 0 Å². The van der Waals surface area contributed by atoms with Gasteiger partial charge in [-0.25, -0.2) is 0 Å². The number of hydrogen-bond acceptors (Lipinski definition) is 3. The van der Waals surface area contributed by atoms with Crippen molar-refractivity contribution in [1.82, 2.24) is 0 Å². The second-order valence-electron chi connectivity index (χ2n) is 4.61. The fourth-order valence-electron chi connectivity index (χ4n) is 2.39. The smallest absolute Gasteiger partial charge is 0.147 e. The average molecular weight is 300 g/mol. The van der Waals surface area contributed by atoms with Gasteiger partial charge in [-0.3, -0.25) is 0 Å². The number of fused-ring (bicyclic) bond motifs is 1. The van der Waals surface area contributed by atoms with Crippen LogP contribution in [-0.2, 0) is 9.47 Å². The minimum Gasteiger partial charge on any atom is -0.371 e. The molecule has 2 aliphatic rings. The molecule has 0 amide bonds. The van der Waals surface area contributed by atoms with E-state index in [4.69, 9.17) is 14.7 Å². The summed E-state index contributed by atoms with van der Waals surface area (Å²) in [4.78, 5) is 0.368. The van der Waals surface area contributed by atoms with Crippen molar-refractivity contribution < 1.29 is 9.47 Å². The maximum absolute atomic E-state index is 8.92. The maximum atomic E-state index is 8.92. The normalized spacial score (nSPS) is 40.8. The summed E-state index contributed by atoms with van der Waals surface area (Å²) < 4.78 is 11.8. The molecule has 2 heterocycles. The number of halogens is 1. The predicted octanol–water partition coefficient (Wildman–Crippen LogP) is 2.94. The van der Waals surface area contributed by atoms with E-state index in [-0.39, 0.29) is 24.4 Å². The predicted molar refractivity (Wildman–Crippen MR) is 68.9 cm³/mol. The summed E-state index contributed by atoms with van der Waals surface area (Å²) in [5, 5.41) is 8.92. The van der Waals surface area contributed by atoms with E-state index in [2.05, 4.69) is 41.1 Å². The van der Waals surface area contributed by atoms with Crippen LogP contribution in [0.15, 0.2) is 12.2 Å². The Morgan fingerprint density at radius 2 is 2.12 bits per heavy atom. The zero-order valence-electron chi connectivity index (χ0n) is 10.0. The molecule has 1 saturated heterocycles. The van der Waals surface area contributed by atoms with Crippen molar-refractivity contribution in [2.45, 2.75) is 61.9 Å². The molecule has 17 heavy (non-hydrogen) atoms. The number of rotatable bonds is 2. The van der Waals surface area contributed by atoms with Crippen molar-refractivity contribution in [3.8, 4) is 6.07 Å². The molecule has 1 fully saturated rings. The van der Waals surface area contributed by atoms with E-state index in [1.807, 2.05) is 0 Å². The highest BCUT2D eigenvalue weighted by Gasteiger charge is 2.38. The van der Waals surface area contributed by atoms with Crippen LogP contribution in [0.1, 0.15) is 32.6 Å². The SMILES string of the molecule is CC[C@H](Br)[C@H]1C/C=C\C[C@@H]2O[C@@H](C#N)C[C@@H]2O1. The Labute approximate surface area is 111 Å². The highest BCUT2D eigenvalue weighted by Crippen LogP contribution is 2.31. The summed E-state index contributed by atoms with van der Waals surface area (Å²) in [6.45, 7) is 2.14. The molecule has 0 aromatic rings. The molecule has 0 radical (unpaired) electrons. The Balaban J connectivity index is 2.05. The summed E-state index contributed by atoms with van der Waals surface area (Å²) in [7, 11) is 0. The van der Waals surface area contributed by atoms with E-state index >= 15 is 0 Å². The van der Waals surface area contributed by atoms with Crippen molar-refractivity contribution in [3.05, 3.63) is 12.2 Å². The first-order valence-electron chi connectivity index (χ1n) is 6.24. The van der Waals surface area contributed by atoms with Crippen LogP contribution in [-0.4, -0.2) is 29.2 Å². The summed E-state index contributed by atoms with van der Waals surface area (Å²) in [6, 6.07) is 2.18. The first kappa shape index (κ1) is 13.1. The Morgan fingerprint density at radius 3 is 2.82 bits per heavy atom. The van der Waals surface area contributed by atoms with Gasteiger partial charge in [0.2, 0.25) is 0 Å². The first-order valence-corrected chi connectivity index (χ1v) is 7.15. The van der Waals surface area contributed by atoms with Gasteiger partial charge in [0.15, 0.2) is 0 Å². The molecule has 0 aliphatic carbocycles. The highest BCUT2D eigenvalue weighted by atomic mass is 79.9. The van der Waals surface area contributed by atoms with Gasteiger partial charge in [-0.2, -0.15) is 5.26 Å². The van der Waals surface area contributed by atoms with Crippen LogP contribution < -0.4 is 0 Å². The van der Waals surface area contributed by atoms with E-state index in [1.165, 1.54) is 0 Å². The third kappa shape index (κ3) is 3.09. The number of alkyl halides is 1. The zero-order chi connectivity index (χ0) is 12.3. The van der Waals surface area contributed by atoms with Gasteiger partial charge in [0, 0.05) is 11.2 Å². The molecule has 3 nitrogen and oxygen atoms in total. The van der Waals surface area contributed by atoms with Gasteiger partial charge in [-0.1, -0.05) is 35.0 Å². The van der Waals surface area contributed by atoms with Crippen LogP contribution >= 0.6 is 15.9 Å². The van der Waals surface area contributed by atoms with Crippen molar-refractivity contribution in [2.24, 2.45) is 0 Å². The summed E-state index contributed by atoms with van der Waals surface area (Å²) in [5.41, 5.74) is 0. The molecular weight excluding hydrogens is 282 g/mol. The van der Waals surface area contributed by atoms with Gasteiger partial charge < -0.3 is 9.47 Å². The third-order valence-corrected chi connectivity index (χ3v) is 4.63. The molecule has 0 unspecified atom stereocenters. The monoisotopic (exact) mass is 299 g/mol. The van der Waals surface area contributed by atoms with Gasteiger partial charge in [0.05, 0.1) is 24.4 Å². The summed E-state index contributed by atoms with van der Waals surface area (Å²) in [5.74, 6) is 0. The number of nitrogens with zero attached hydrogens (tertiary/aromatic N) is 1. The summed E-state index contributed by atoms with van der Waals surface area (Å²) in [6.07, 6.45) is 7.86. The van der Waals surface area contributed by atoms with Gasteiger partial charge in [0.1, 0.15) is 6.10 Å². The molecule has 4 heteroatoms. The Bertz CT molecular complexity index is 326. The van der Waals surface area contributed by atoms with Crippen LogP contribution in [0.3, 0.4) is 0 Å². The fourth-order valence-corrected chi connectivity index (χ4v) is 2.73. The quantitative estimate of drug-likeness (QED) is 0.581. The molecule has 0 N–H and O–H groups in total. The van der Waals surface area contributed by atoms with Crippen LogP contribution in [0.5, 0.6) is 0 Å². The fraction of sp³-hybridized carbons (Fsp3) is 0.769. The lowest BCUT2D eigenvalue weighted by atomic mass is 10.0. The minimum atomic E-state index is -0.299. The molecule has 0 aromatic heterocycles. The average Bonchev–Trinajstić information content (AvgIpc) is 2.70. The first-order chi connectivity index (χ1) is 8.24. The molecule has 0 bridgehead atoms. The lowest BCUT2D eigenvalue weighted by Crippen LogP contribution is -2.34. The minimum absolute atomic E-state index is 0.0512. The maximum Gasteiger partial charge on any atom is 0.147 e. The van der Waals surface area contributed by atoms with Crippen molar-refractivity contribution >= 4 is 15.9 Å². The lowest BCUT2D eigenvalue weighted by molar-refractivity contribution is -0.0537. The topological polar surface area (TPSA) is 42.2 Å². The summed E-state index contributed by atoms with van der Waals surface area (Å²) >= 11 is 3.66. The van der Waals surface area contributed by atoms with Gasteiger partial charge in [0.25, 0.3) is 0 Å². The third-order valence-electron chi connectivity index (χ3n) is 3.39. The molecule has 0 spiro atoms. The molecule has 2 rings (SSSR count). The van der Waals surface area contributed by atoms with E-state index < -0.39 is 0 Å². The number of ether oxygens (including phenoxy) is 2. The van der Waals surface area contributed by atoms with E-state index in [9.17, 15) is 0 Å². The molecule has 0 saturated carbocycles. The largest absolute Gasteiger partial charge is 0.371 e. The van der Waals surface area contributed by atoms with Gasteiger partial charge in [-0.05, 0) is 19.3 Å². The molecule has 2 aliphatic heterocycles. The molecule has 0 aromatic carbocycles. The molecule has 94 valence electrons. The zero-order valence-corrected chi connectivity index (χ0v) is 11.6. The van der Waals surface area contributed by atoms with E-state index in [1.54, 1.807) is 0 Å². The molecular formula is C13H18BrNO2. The Morgan fingerprint density at radius 1 is 1.35 bits per heavy atom. The van der Waals surface area contributed by atoms with Crippen molar-refractivity contribution in [3.63, 3.8) is 0 Å². The Kier molecular flexibility index (Phi) is 4.61. The lowest BCUT2D eigenvalue weighted by Gasteiger charge is -2.28. The van der Waals surface area contributed by atoms with E-state index in [0.29, 0.717) is 11.2 Å². The standard InChI is InChI=1S/C13H18BrNO2/c1-2-10(14)11-5-3-4-6-12-13(17-11)7-9(8-15)16-12/h3-4,9-13H,2,5-7H2,1H3/b4-3-/t9-,10+,11-,12+,13+/m1/s1. The highest BCUT2D eigenvalue weighted by molar-refractivity contribution is 9.09. The molecule has 5 atom stereocenters. The van der Waals surface area contributed by atoms with Crippen molar-refractivity contribution in [1.29, 1.82) is 5.26 Å². The van der Waals surface area contributed by atoms with Crippen LogP contribution in [0.25, 0.3) is 0 Å². The van der Waals surface area contributed by atoms with Gasteiger partial charge in [-0.15, -0.1) is 0 Å². The number of nitriles is 1.